The number of aromatic amines is 1. The number of aryl methyl sites for hydroxylation is 2. The highest BCUT2D eigenvalue weighted by atomic mass is 32.1. The van der Waals surface area contributed by atoms with Crippen molar-refractivity contribution in [2.75, 3.05) is 0 Å². The summed E-state index contributed by atoms with van der Waals surface area (Å²) >= 11 is 5.12. The molecule has 0 atom stereocenters. The zero-order chi connectivity index (χ0) is 13.4. The Kier molecular flexibility index (Phi) is 3.25. The summed E-state index contributed by atoms with van der Waals surface area (Å²) in [5.41, 5.74) is 0.386. The summed E-state index contributed by atoms with van der Waals surface area (Å²) in [6, 6.07) is 0. The maximum atomic E-state index is 12.3. The van der Waals surface area contributed by atoms with Crippen molar-refractivity contribution >= 4 is 23.4 Å². The average molecular weight is 268 g/mol. The minimum absolute atomic E-state index is 0.276. The summed E-state index contributed by atoms with van der Waals surface area (Å²) in [5, 5.41) is 0. The summed E-state index contributed by atoms with van der Waals surface area (Å²) in [5.74, 6) is 0. The van der Waals surface area contributed by atoms with E-state index in [1.807, 2.05) is 6.92 Å². The molecule has 0 bridgehead atoms. The minimum atomic E-state index is -0.309. The third kappa shape index (κ3) is 1.66. The molecule has 6 nitrogen and oxygen atoms in total. The molecule has 0 fully saturated rings. The van der Waals surface area contributed by atoms with Crippen LogP contribution in [-0.4, -0.2) is 18.7 Å². The van der Waals surface area contributed by atoms with Crippen LogP contribution < -0.4 is 11.2 Å². The van der Waals surface area contributed by atoms with Crippen LogP contribution in [0.5, 0.6) is 0 Å². The fourth-order valence-electron chi connectivity index (χ4n) is 2.14. The number of hydrogen-bond donors (Lipinski definition) is 1. The van der Waals surface area contributed by atoms with Gasteiger partial charge in [0, 0.05) is 20.1 Å². The molecule has 0 aliphatic carbocycles. The van der Waals surface area contributed by atoms with Crippen molar-refractivity contribution in [3.63, 3.8) is 0 Å². The Morgan fingerprint density at radius 1 is 1.22 bits per heavy atom. The van der Waals surface area contributed by atoms with Gasteiger partial charge in [-0.25, -0.2) is 4.79 Å². The van der Waals surface area contributed by atoms with E-state index in [2.05, 4.69) is 4.98 Å². The summed E-state index contributed by atoms with van der Waals surface area (Å²) < 4.78 is 4.94. The van der Waals surface area contributed by atoms with Crippen molar-refractivity contribution in [2.24, 2.45) is 7.05 Å². The van der Waals surface area contributed by atoms with Crippen LogP contribution in [0.15, 0.2) is 9.59 Å². The first-order valence-electron chi connectivity index (χ1n) is 5.95. The van der Waals surface area contributed by atoms with E-state index >= 15 is 0 Å². The molecule has 2 aromatic heterocycles. The SMILES string of the molecule is CCCn1c(=O)n(CC)c(=O)c2[nH]c(=S)n(C)c21. The fraction of sp³-hybridized carbons (Fsp3) is 0.545. The van der Waals surface area contributed by atoms with E-state index in [1.54, 1.807) is 23.1 Å². The summed E-state index contributed by atoms with van der Waals surface area (Å²) in [7, 11) is 1.75. The molecule has 0 saturated heterocycles. The van der Waals surface area contributed by atoms with Crippen molar-refractivity contribution in [3.05, 3.63) is 25.6 Å². The van der Waals surface area contributed by atoms with Gasteiger partial charge in [-0.1, -0.05) is 6.92 Å². The second-order valence-corrected chi connectivity index (χ2v) is 4.56. The molecule has 98 valence electrons. The summed E-state index contributed by atoms with van der Waals surface area (Å²) in [6.07, 6.45) is 0.814. The number of hydrogen-bond acceptors (Lipinski definition) is 3. The second kappa shape index (κ2) is 4.56. The van der Waals surface area contributed by atoms with Gasteiger partial charge in [0.15, 0.2) is 4.77 Å². The smallest absolute Gasteiger partial charge is 0.325 e. The van der Waals surface area contributed by atoms with Gasteiger partial charge in [0.25, 0.3) is 5.56 Å². The standard InChI is InChI=1S/C11H16N4O2S/c1-4-6-15-8-7(12-10(18)13(8)3)9(16)14(5-2)11(15)17/h4-6H2,1-3H3,(H,12,18). The van der Waals surface area contributed by atoms with Crippen molar-refractivity contribution in [3.8, 4) is 0 Å². The molecule has 0 unspecified atom stereocenters. The highest BCUT2D eigenvalue weighted by Gasteiger charge is 2.15. The van der Waals surface area contributed by atoms with Gasteiger partial charge in [0.2, 0.25) is 0 Å². The highest BCUT2D eigenvalue weighted by Crippen LogP contribution is 2.07. The topological polar surface area (TPSA) is 64.7 Å². The van der Waals surface area contributed by atoms with E-state index in [4.69, 9.17) is 12.2 Å². The maximum absolute atomic E-state index is 12.3. The van der Waals surface area contributed by atoms with Gasteiger partial charge in [-0.2, -0.15) is 0 Å². The molecule has 2 aromatic rings. The molecular weight excluding hydrogens is 252 g/mol. The van der Waals surface area contributed by atoms with Gasteiger partial charge in [-0.15, -0.1) is 0 Å². The minimum Gasteiger partial charge on any atom is -0.325 e. The number of fused-ring (bicyclic) bond motifs is 1. The van der Waals surface area contributed by atoms with Crippen LogP contribution in [0.4, 0.5) is 0 Å². The van der Waals surface area contributed by atoms with Crippen LogP contribution in [0.1, 0.15) is 20.3 Å². The lowest BCUT2D eigenvalue weighted by atomic mass is 10.4. The Morgan fingerprint density at radius 2 is 1.89 bits per heavy atom. The third-order valence-electron chi connectivity index (χ3n) is 3.02. The van der Waals surface area contributed by atoms with E-state index in [1.165, 1.54) is 4.57 Å². The number of imidazole rings is 1. The molecule has 0 aliphatic heterocycles. The van der Waals surface area contributed by atoms with Crippen LogP contribution in [0.2, 0.25) is 0 Å². The molecule has 0 amide bonds. The first kappa shape index (κ1) is 12.8. The molecule has 0 aliphatic rings. The predicted octanol–water partition coefficient (Wildman–Crippen LogP) is 0.989. The Balaban J connectivity index is 3.08. The lowest BCUT2D eigenvalue weighted by Crippen LogP contribution is -2.40. The molecular formula is C11H16N4O2S. The summed E-state index contributed by atoms with van der Waals surface area (Å²) in [6.45, 7) is 4.69. The van der Waals surface area contributed by atoms with Crippen molar-refractivity contribution in [2.45, 2.75) is 33.4 Å². The first-order valence-corrected chi connectivity index (χ1v) is 6.36. The van der Waals surface area contributed by atoms with E-state index in [0.29, 0.717) is 29.0 Å². The quantitative estimate of drug-likeness (QED) is 0.844. The lowest BCUT2D eigenvalue weighted by Gasteiger charge is -2.10. The average Bonchev–Trinajstić information content (AvgIpc) is 2.63. The number of nitrogens with one attached hydrogen (secondary N) is 1. The molecule has 1 N–H and O–H groups in total. The van der Waals surface area contributed by atoms with Crippen LogP contribution >= 0.6 is 12.2 Å². The normalized spacial score (nSPS) is 11.3. The number of rotatable bonds is 3. The number of aromatic nitrogens is 4. The lowest BCUT2D eigenvalue weighted by molar-refractivity contribution is 0.574. The summed E-state index contributed by atoms with van der Waals surface area (Å²) in [4.78, 5) is 27.3. The van der Waals surface area contributed by atoms with Gasteiger partial charge < -0.3 is 9.55 Å². The third-order valence-corrected chi connectivity index (χ3v) is 3.39. The largest absolute Gasteiger partial charge is 0.332 e. The number of nitrogens with zero attached hydrogens (tertiary/aromatic N) is 3. The number of H-pyrrole nitrogens is 1. The van der Waals surface area contributed by atoms with E-state index < -0.39 is 0 Å². The van der Waals surface area contributed by atoms with Crippen molar-refractivity contribution in [1.82, 2.24) is 18.7 Å². The van der Waals surface area contributed by atoms with Crippen LogP contribution in [0, 0.1) is 4.77 Å². The van der Waals surface area contributed by atoms with E-state index in [0.717, 1.165) is 6.42 Å². The second-order valence-electron chi connectivity index (χ2n) is 4.17. The van der Waals surface area contributed by atoms with Crippen molar-refractivity contribution in [1.29, 1.82) is 0 Å². The van der Waals surface area contributed by atoms with Gasteiger partial charge in [-0.05, 0) is 25.6 Å². The van der Waals surface area contributed by atoms with Gasteiger partial charge in [0.1, 0.15) is 11.2 Å². The monoisotopic (exact) mass is 268 g/mol. The fourth-order valence-corrected chi connectivity index (χ4v) is 2.33. The first-order chi connectivity index (χ1) is 8.52. The van der Waals surface area contributed by atoms with Crippen LogP contribution in [0.3, 0.4) is 0 Å². The Labute approximate surface area is 108 Å². The molecule has 0 aromatic carbocycles. The van der Waals surface area contributed by atoms with Gasteiger partial charge in [0.05, 0.1) is 0 Å². The Morgan fingerprint density at radius 3 is 2.44 bits per heavy atom. The Bertz CT molecular complexity index is 762. The molecule has 18 heavy (non-hydrogen) atoms. The van der Waals surface area contributed by atoms with Crippen LogP contribution in [0.25, 0.3) is 11.2 Å². The highest BCUT2D eigenvalue weighted by molar-refractivity contribution is 7.71. The van der Waals surface area contributed by atoms with E-state index in [-0.39, 0.29) is 11.2 Å². The molecule has 0 saturated carbocycles. The molecule has 0 radical (unpaired) electrons. The van der Waals surface area contributed by atoms with E-state index in [9.17, 15) is 9.59 Å². The molecule has 2 rings (SSSR count). The predicted molar refractivity (Wildman–Crippen MR) is 72.6 cm³/mol. The molecule has 2 heterocycles. The van der Waals surface area contributed by atoms with Crippen LogP contribution in [-0.2, 0) is 20.1 Å². The zero-order valence-corrected chi connectivity index (χ0v) is 11.5. The van der Waals surface area contributed by atoms with Gasteiger partial charge >= 0.3 is 5.69 Å². The molecule has 7 heteroatoms. The maximum Gasteiger partial charge on any atom is 0.332 e. The zero-order valence-electron chi connectivity index (χ0n) is 10.7. The Hall–Kier alpha value is -1.63. The van der Waals surface area contributed by atoms with Crippen molar-refractivity contribution < 1.29 is 0 Å². The van der Waals surface area contributed by atoms with Gasteiger partial charge in [-0.3, -0.25) is 13.9 Å². The molecule has 0 spiro atoms.